The number of ether oxygens (including phenoxy) is 1. The summed E-state index contributed by atoms with van der Waals surface area (Å²) in [4.78, 5) is 42.2. The van der Waals surface area contributed by atoms with Crippen LogP contribution < -0.4 is 15.5 Å². The van der Waals surface area contributed by atoms with Gasteiger partial charge in [0.25, 0.3) is 11.8 Å². The third-order valence-electron chi connectivity index (χ3n) is 6.97. The van der Waals surface area contributed by atoms with Crippen molar-refractivity contribution in [2.45, 2.75) is 44.5 Å². The van der Waals surface area contributed by atoms with E-state index < -0.39 is 17.5 Å². The number of morpholine rings is 1. The van der Waals surface area contributed by atoms with Gasteiger partial charge in [-0.25, -0.2) is 4.79 Å². The Morgan fingerprint density at radius 2 is 1.91 bits per heavy atom. The molecule has 1 unspecified atom stereocenters. The van der Waals surface area contributed by atoms with Gasteiger partial charge in [0.05, 0.1) is 19.3 Å². The van der Waals surface area contributed by atoms with Gasteiger partial charge in [0, 0.05) is 35.4 Å². The molecule has 2 aromatic carbocycles. The molecule has 0 radical (unpaired) electrons. The number of hydrogen-bond donors (Lipinski definition) is 2. The molecule has 2 aromatic rings. The van der Waals surface area contributed by atoms with E-state index in [-0.39, 0.29) is 24.6 Å². The number of halogens is 1. The summed E-state index contributed by atoms with van der Waals surface area (Å²) in [6.07, 6.45) is 1.12. The Kier molecular flexibility index (Phi) is 5.73. The number of urea groups is 1. The lowest BCUT2D eigenvalue weighted by molar-refractivity contribution is -0.124. The first-order valence-electron chi connectivity index (χ1n) is 11.5. The number of rotatable bonds is 5. The smallest absolute Gasteiger partial charge is 0.322 e. The highest BCUT2D eigenvalue weighted by atomic mass is 35.5. The van der Waals surface area contributed by atoms with Crippen LogP contribution in [0.25, 0.3) is 0 Å². The van der Waals surface area contributed by atoms with Gasteiger partial charge in [-0.3, -0.25) is 14.9 Å². The fourth-order valence-corrected chi connectivity index (χ4v) is 5.18. The molecule has 0 saturated carbocycles. The maximum atomic E-state index is 13.1. The van der Waals surface area contributed by atoms with Gasteiger partial charge >= 0.3 is 6.03 Å². The zero-order valence-corrected chi connectivity index (χ0v) is 19.9. The number of amides is 4. The van der Waals surface area contributed by atoms with Gasteiger partial charge in [0.1, 0.15) is 0 Å². The van der Waals surface area contributed by atoms with Crippen LogP contribution in [0.2, 0.25) is 5.02 Å². The minimum absolute atomic E-state index is 0.0148. The molecule has 34 heavy (non-hydrogen) atoms. The number of benzene rings is 2. The van der Waals surface area contributed by atoms with Gasteiger partial charge in [-0.1, -0.05) is 36.7 Å². The monoisotopic (exact) mass is 482 g/mol. The lowest BCUT2D eigenvalue weighted by Gasteiger charge is -2.39. The van der Waals surface area contributed by atoms with Gasteiger partial charge in [0.15, 0.2) is 5.54 Å². The minimum atomic E-state index is -1.38. The molecule has 3 aliphatic heterocycles. The van der Waals surface area contributed by atoms with E-state index in [0.29, 0.717) is 29.3 Å². The summed E-state index contributed by atoms with van der Waals surface area (Å²) >= 11 is 6.08. The third kappa shape index (κ3) is 3.80. The van der Waals surface area contributed by atoms with Crippen molar-refractivity contribution in [2.24, 2.45) is 0 Å². The second kappa shape index (κ2) is 8.60. The summed E-state index contributed by atoms with van der Waals surface area (Å²) in [6, 6.07) is 12.5. The lowest BCUT2D eigenvalue weighted by Crippen LogP contribution is -2.52. The third-order valence-corrected chi connectivity index (χ3v) is 7.21. The normalized spacial score (nSPS) is 26.5. The molecule has 3 aliphatic rings. The molecular formula is C25H27ClN4O4. The maximum absolute atomic E-state index is 13.1. The van der Waals surface area contributed by atoms with Crippen LogP contribution >= 0.6 is 11.6 Å². The average molecular weight is 483 g/mol. The highest BCUT2D eigenvalue weighted by Gasteiger charge is 2.50. The van der Waals surface area contributed by atoms with Crippen molar-refractivity contribution in [1.82, 2.24) is 15.5 Å². The van der Waals surface area contributed by atoms with Crippen LogP contribution in [0.4, 0.5) is 10.5 Å². The molecule has 2 saturated heterocycles. The predicted molar refractivity (Wildman–Crippen MR) is 128 cm³/mol. The summed E-state index contributed by atoms with van der Waals surface area (Å²) in [5.74, 6) is -0.687. The molecule has 0 bridgehead atoms. The molecule has 3 heterocycles. The molecule has 3 atom stereocenters. The average Bonchev–Trinajstić information content (AvgIpc) is 3.29. The quantitative estimate of drug-likeness (QED) is 0.639. The van der Waals surface area contributed by atoms with Crippen molar-refractivity contribution in [3.8, 4) is 0 Å². The van der Waals surface area contributed by atoms with E-state index in [2.05, 4.69) is 29.4 Å². The Bertz CT molecular complexity index is 1150. The Hall–Kier alpha value is -3.10. The summed E-state index contributed by atoms with van der Waals surface area (Å²) in [6.45, 7) is 6.04. The first kappa shape index (κ1) is 22.7. The van der Waals surface area contributed by atoms with Crippen LogP contribution in [-0.4, -0.2) is 54.6 Å². The molecule has 0 aliphatic carbocycles. The molecule has 4 amide bonds. The second-order valence-electron chi connectivity index (χ2n) is 9.19. The molecule has 5 rings (SSSR count). The van der Waals surface area contributed by atoms with E-state index in [9.17, 15) is 14.4 Å². The number of carbonyl (C=O) groups is 3. The lowest BCUT2D eigenvalue weighted by atomic mass is 9.89. The summed E-state index contributed by atoms with van der Waals surface area (Å²) < 4.78 is 5.87. The van der Waals surface area contributed by atoms with E-state index in [0.717, 1.165) is 24.2 Å². The van der Waals surface area contributed by atoms with Crippen molar-refractivity contribution in [1.29, 1.82) is 0 Å². The Morgan fingerprint density at radius 1 is 1.15 bits per heavy atom. The van der Waals surface area contributed by atoms with Gasteiger partial charge in [0.2, 0.25) is 0 Å². The first-order valence-corrected chi connectivity index (χ1v) is 11.9. The van der Waals surface area contributed by atoms with E-state index in [1.807, 2.05) is 30.3 Å². The second-order valence-corrected chi connectivity index (χ2v) is 9.62. The van der Waals surface area contributed by atoms with E-state index in [4.69, 9.17) is 16.3 Å². The van der Waals surface area contributed by atoms with Crippen LogP contribution in [0.5, 0.6) is 0 Å². The van der Waals surface area contributed by atoms with Gasteiger partial charge in [-0.05, 0) is 48.7 Å². The molecule has 8 nitrogen and oxygen atoms in total. The van der Waals surface area contributed by atoms with Crippen LogP contribution in [0, 0.1) is 0 Å². The fourth-order valence-electron chi connectivity index (χ4n) is 5.01. The van der Waals surface area contributed by atoms with Crippen molar-refractivity contribution in [3.63, 3.8) is 0 Å². The number of carbonyl (C=O) groups excluding carboxylic acids is 3. The minimum Gasteiger partial charge on any atom is -0.374 e. The number of nitrogens with one attached hydrogen (secondary N) is 2. The fraction of sp³-hybridized carbons (Fsp3) is 0.400. The predicted octanol–water partition coefficient (Wildman–Crippen LogP) is 3.03. The van der Waals surface area contributed by atoms with Crippen LogP contribution in [0.3, 0.4) is 0 Å². The molecule has 0 spiro atoms. The van der Waals surface area contributed by atoms with Crippen LogP contribution in [0.15, 0.2) is 42.5 Å². The summed E-state index contributed by atoms with van der Waals surface area (Å²) in [5.41, 5.74) is 1.64. The molecule has 178 valence electrons. The van der Waals surface area contributed by atoms with Crippen molar-refractivity contribution in [2.75, 3.05) is 24.6 Å². The first-order chi connectivity index (χ1) is 16.3. The van der Waals surface area contributed by atoms with Crippen molar-refractivity contribution in [3.05, 3.63) is 64.2 Å². The van der Waals surface area contributed by atoms with Crippen LogP contribution in [0.1, 0.15) is 41.8 Å². The Labute approximate surface area is 203 Å². The molecule has 9 heteroatoms. The Morgan fingerprint density at radius 3 is 2.59 bits per heavy atom. The number of nitrogens with zero attached hydrogens (tertiary/aromatic N) is 2. The maximum Gasteiger partial charge on any atom is 0.322 e. The number of hydrogen-bond acceptors (Lipinski definition) is 5. The van der Waals surface area contributed by atoms with Gasteiger partial charge in [-0.2, -0.15) is 0 Å². The molecule has 0 aromatic heterocycles. The SMILES string of the molecule is CC[C@H]1CN(c2ccc([C@]3(CN4Cc5ccc(Cl)cc5C4=O)NC(=O)NC3=O)cc2)C(C)CO1. The largest absolute Gasteiger partial charge is 0.374 e. The number of fused-ring (bicyclic) bond motifs is 1. The molecular weight excluding hydrogens is 456 g/mol. The highest BCUT2D eigenvalue weighted by molar-refractivity contribution is 6.31. The number of anilines is 1. The van der Waals surface area contributed by atoms with Gasteiger partial charge < -0.3 is 19.9 Å². The van der Waals surface area contributed by atoms with E-state index in [1.165, 1.54) is 0 Å². The van der Waals surface area contributed by atoms with Crippen molar-refractivity contribution >= 4 is 35.1 Å². The zero-order chi connectivity index (χ0) is 24.0. The van der Waals surface area contributed by atoms with E-state index in [1.54, 1.807) is 17.0 Å². The zero-order valence-electron chi connectivity index (χ0n) is 19.1. The van der Waals surface area contributed by atoms with E-state index >= 15 is 0 Å². The van der Waals surface area contributed by atoms with Crippen molar-refractivity contribution < 1.29 is 19.1 Å². The number of imide groups is 1. The van der Waals surface area contributed by atoms with Gasteiger partial charge in [-0.15, -0.1) is 0 Å². The van der Waals surface area contributed by atoms with Crippen LogP contribution in [-0.2, 0) is 21.6 Å². The Balaban J connectivity index is 1.44. The standard InChI is InChI=1S/C25H27ClN4O4/c1-3-20-12-30(15(2)13-34-20)19-8-5-17(6-9-19)25(23(32)27-24(33)28-25)14-29-11-16-4-7-18(26)10-21(16)22(29)31/h4-10,15,20H,3,11-14H2,1-2H3,(H2,27,28,32,33)/t15?,20-,25-/m0/s1. The summed E-state index contributed by atoms with van der Waals surface area (Å²) in [5, 5.41) is 5.62. The topological polar surface area (TPSA) is 91.0 Å². The molecule has 2 N–H and O–H groups in total. The summed E-state index contributed by atoms with van der Waals surface area (Å²) in [7, 11) is 0. The molecule has 2 fully saturated rings. The highest BCUT2D eigenvalue weighted by Crippen LogP contribution is 2.33.